The molecule has 6 nitrogen and oxygen atoms in total. The first-order valence-electron chi connectivity index (χ1n) is 9.20. The SMILES string of the molecule is CCNC(=NCc1cc(C(C)C)no1)NCCc1c[nH]c2ccccc12. The predicted octanol–water partition coefficient (Wildman–Crippen LogP) is 3.58. The van der Waals surface area contributed by atoms with Crippen molar-refractivity contribution in [2.24, 2.45) is 4.99 Å². The van der Waals surface area contributed by atoms with E-state index in [1.165, 1.54) is 16.5 Å². The molecule has 0 aliphatic heterocycles. The first-order chi connectivity index (χ1) is 12.7. The Bertz CT molecular complexity index is 862. The number of hydrogen-bond acceptors (Lipinski definition) is 3. The van der Waals surface area contributed by atoms with Crippen LogP contribution in [0.5, 0.6) is 0 Å². The number of para-hydroxylation sites is 1. The fraction of sp³-hybridized carbons (Fsp3) is 0.400. The summed E-state index contributed by atoms with van der Waals surface area (Å²) in [5.74, 6) is 1.93. The van der Waals surface area contributed by atoms with E-state index in [2.05, 4.69) is 70.9 Å². The van der Waals surface area contributed by atoms with Gasteiger partial charge >= 0.3 is 0 Å². The summed E-state index contributed by atoms with van der Waals surface area (Å²) in [6.07, 6.45) is 3.01. The monoisotopic (exact) mass is 353 g/mol. The Kier molecular flexibility index (Phi) is 5.94. The number of H-pyrrole nitrogens is 1. The van der Waals surface area contributed by atoms with Crippen LogP contribution in [-0.4, -0.2) is 29.2 Å². The third-order valence-electron chi connectivity index (χ3n) is 4.27. The van der Waals surface area contributed by atoms with Gasteiger partial charge in [0.25, 0.3) is 0 Å². The highest BCUT2D eigenvalue weighted by atomic mass is 16.5. The molecule has 0 unspecified atom stereocenters. The average molecular weight is 353 g/mol. The lowest BCUT2D eigenvalue weighted by atomic mass is 10.1. The van der Waals surface area contributed by atoms with E-state index in [1.54, 1.807) is 0 Å². The zero-order chi connectivity index (χ0) is 18.4. The van der Waals surface area contributed by atoms with E-state index in [1.807, 2.05) is 12.1 Å². The number of benzene rings is 1. The van der Waals surface area contributed by atoms with Crippen molar-refractivity contribution in [2.45, 2.75) is 39.7 Å². The highest BCUT2D eigenvalue weighted by Gasteiger charge is 2.08. The molecule has 3 aromatic rings. The van der Waals surface area contributed by atoms with Crippen molar-refractivity contribution in [2.75, 3.05) is 13.1 Å². The summed E-state index contributed by atoms with van der Waals surface area (Å²) in [7, 11) is 0. The van der Waals surface area contributed by atoms with Crippen LogP contribution in [0, 0.1) is 0 Å². The quantitative estimate of drug-likeness (QED) is 0.448. The number of hydrogen-bond donors (Lipinski definition) is 3. The predicted molar refractivity (Wildman–Crippen MR) is 105 cm³/mol. The summed E-state index contributed by atoms with van der Waals surface area (Å²) < 4.78 is 5.35. The van der Waals surface area contributed by atoms with Gasteiger partial charge in [-0.15, -0.1) is 0 Å². The van der Waals surface area contributed by atoms with Gasteiger partial charge in [-0.05, 0) is 30.9 Å². The maximum Gasteiger partial charge on any atom is 0.191 e. The Balaban J connectivity index is 1.57. The van der Waals surface area contributed by atoms with Crippen LogP contribution in [0.15, 0.2) is 46.0 Å². The number of nitrogens with zero attached hydrogens (tertiary/aromatic N) is 2. The Morgan fingerprint density at radius 3 is 2.88 bits per heavy atom. The number of guanidine groups is 1. The standard InChI is InChI=1S/C20H27N5O/c1-4-21-20(24-13-16-11-19(14(2)3)25-26-16)22-10-9-15-12-23-18-8-6-5-7-17(15)18/h5-8,11-12,14,23H,4,9-10,13H2,1-3H3,(H2,21,22,24). The zero-order valence-electron chi connectivity index (χ0n) is 15.7. The maximum atomic E-state index is 5.35. The Morgan fingerprint density at radius 1 is 1.27 bits per heavy atom. The number of nitrogens with one attached hydrogen (secondary N) is 3. The second kappa shape index (κ2) is 8.56. The summed E-state index contributed by atoms with van der Waals surface area (Å²) in [5, 5.41) is 12.0. The van der Waals surface area contributed by atoms with Gasteiger partial charge in [0.2, 0.25) is 0 Å². The van der Waals surface area contributed by atoms with Crippen LogP contribution in [0.3, 0.4) is 0 Å². The number of aromatic amines is 1. The lowest BCUT2D eigenvalue weighted by Crippen LogP contribution is -2.38. The Morgan fingerprint density at radius 2 is 2.12 bits per heavy atom. The number of fused-ring (bicyclic) bond motifs is 1. The molecule has 1 aromatic carbocycles. The van der Waals surface area contributed by atoms with Gasteiger partial charge in [-0.3, -0.25) is 0 Å². The molecular weight excluding hydrogens is 326 g/mol. The van der Waals surface area contributed by atoms with E-state index in [-0.39, 0.29) is 0 Å². The Labute approximate surface area is 154 Å². The molecular formula is C20H27N5O. The van der Waals surface area contributed by atoms with Crippen molar-refractivity contribution in [1.82, 2.24) is 20.8 Å². The van der Waals surface area contributed by atoms with Gasteiger partial charge in [-0.25, -0.2) is 4.99 Å². The number of rotatable bonds is 7. The highest BCUT2D eigenvalue weighted by Crippen LogP contribution is 2.17. The molecule has 0 amide bonds. The Hall–Kier alpha value is -2.76. The van der Waals surface area contributed by atoms with E-state index in [9.17, 15) is 0 Å². The first-order valence-corrected chi connectivity index (χ1v) is 9.20. The van der Waals surface area contributed by atoms with Crippen molar-refractivity contribution in [3.8, 4) is 0 Å². The molecule has 2 heterocycles. The van der Waals surface area contributed by atoms with Gasteiger partial charge in [-0.1, -0.05) is 37.2 Å². The van der Waals surface area contributed by atoms with E-state index in [0.29, 0.717) is 12.5 Å². The van der Waals surface area contributed by atoms with Crippen LogP contribution in [0.25, 0.3) is 10.9 Å². The largest absolute Gasteiger partial charge is 0.361 e. The molecule has 0 saturated heterocycles. The van der Waals surface area contributed by atoms with Crippen molar-refractivity contribution in [3.05, 3.63) is 53.5 Å². The van der Waals surface area contributed by atoms with E-state index >= 15 is 0 Å². The molecule has 6 heteroatoms. The molecule has 0 aliphatic carbocycles. The van der Waals surface area contributed by atoms with Crippen LogP contribution in [0.1, 0.15) is 43.7 Å². The molecule has 3 rings (SSSR count). The zero-order valence-corrected chi connectivity index (χ0v) is 15.7. The molecule has 2 aromatic heterocycles. The molecule has 0 radical (unpaired) electrons. The van der Waals surface area contributed by atoms with Gasteiger partial charge in [0.15, 0.2) is 11.7 Å². The molecule has 0 atom stereocenters. The summed E-state index contributed by atoms with van der Waals surface area (Å²) >= 11 is 0. The highest BCUT2D eigenvalue weighted by molar-refractivity contribution is 5.83. The topological polar surface area (TPSA) is 78.2 Å². The van der Waals surface area contributed by atoms with Crippen LogP contribution < -0.4 is 10.6 Å². The molecule has 0 fully saturated rings. The summed E-state index contributed by atoms with van der Waals surface area (Å²) in [6, 6.07) is 10.3. The van der Waals surface area contributed by atoms with E-state index < -0.39 is 0 Å². The van der Waals surface area contributed by atoms with Crippen LogP contribution in [-0.2, 0) is 13.0 Å². The van der Waals surface area contributed by atoms with Crippen LogP contribution in [0.4, 0.5) is 0 Å². The van der Waals surface area contributed by atoms with Crippen LogP contribution in [0.2, 0.25) is 0 Å². The summed E-state index contributed by atoms with van der Waals surface area (Å²) in [6.45, 7) is 8.35. The van der Waals surface area contributed by atoms with Gasteiger partial charge in [-0.2, -0.15) is 0 Å². The van der Waals surface area contributed by atoms with Gasteiger partial charge in [0.05, 0.1) is 5.69 Å². The minimum absolute atomic E-state index is 0.360. The first kappa shape index (κ1) is 18.0. The summed E-state index contributed by atoms with van der Waals surface area (Å²) in [4.78, 5) is 7.91. The third kappa shape index (κ3) is 4.45. The lowest BCUT2D eigenvalue weighted by Gasteiger charge is -2.10. The fourth-order valence-electron chi connectivity index (χ4n) is 2.83. The number of aromatic nitrogens is 2. The molecule has 0 bridgehead atoms. The molecule has 0 aliphatic rings. The number of aliphatic imine (C=N–C) groups is 1. The van der Waals surface area contributed by atoms with Crippen molar-refractivity contribution in [3.63, 3.8) is 0 Å². The molecule has 3 N–H and O–H groups in total. The van der Waals surface area contributed by atoms with Gasteiger partial charge < -0.3 is 20.1 Å². The fourth-order valence-corrected chi connectivity index (χ4v) is 2.83. The smallest absolute Gasteiger partial charge is 0.191 e. The lowest BCUT2D eigenvalue weighted by molar-refractivity contribution is 0.376. The van der Waals surface area contributed by atoms with Gasteiger partial charge in [0.1, 0.15) is 6.54 Å². The maximum absolute atomic E-state index is 5.35. The van der Waals surface area contributed by atoms with Crippen LogP contribution >= 0.6 is 0 Å². The average Bonchev–Trinajstić information content (AvgIpc) is 3.27. The second-order valence-corrected chi connectivity index (χ2v) is 6.60. The molecule has 138 valence electrons. The van der Waals surface area contributed by atoms with Crippen molar-refractivity contribution < 1.29 is 4.52 Å². The summed E-state index contributed by atoms with van der Waals surface area (Å²) in [5.41, 5.74) is 3.45. The minimum atomic E-state index is 0.360. The van der Waals surface area contributed by atoms with Crippen molar-refractivity contribution >= 4 is 16.9 Å². The van der Waals surface area contributed by atoms with E-state index in [4.69, 9.17) is 4.52 Å². The molecule has 0 spiro atoms. The minimum Gasteiger partial charge on any atom is -0.361 e. The van der Waals surface area contributed by atoms with Crippen molar-refractivity contribution in [1.29, 1.82) is 0 Å². The second-order valence-electron chi connectivity index (χ2n) is 6.60. The normalized spacial score (nSPS) is 12.1. The van der Waals surface area contributed by atoms with Gasteiger partial charge in [0, 0.05) is 36.3 Å². The molecule has 0 saturated carbocycles. The van der Waals surface area contributed by atoms with E-state index in [0.717, 1.165) is 36.9 Å². The third-order valence-corrected chi connectivity index (χ3v) is 4.27. The molecule has 26 heavy (non-hydrogen) atoms.